The van der Waals surface area contributed by atoms with E-state index in [1.54, 1.807) is 24.3 Å². The number of esters is 1. The average molecular weight is 581 g/mol. The molecule has 0 unspecified atom stereocenters. The minimum absolute atomic E-state index is 0.00464. The summed E-state index contributed by atoms with van der Waals surface area (Å²) in [7, 11) is 2.77. The number of rotatable bonds is 8. The van der Waals surface area contributed by atoms with Gasteiger partial charge >= 0.3 is 5.97 Å². The average Bonchev–Trinajstić information content (AvgIpc) is 2.81. The summed E-state index contributed by atoms with van der Waals surface area (Å²) in [6.07, 6.45) is 2.26. The molecule has 0 aliphatic heterocycles. The second-order valence-electron chi connectivity index (χ2n) is 7.19. The first-order chi connectivity index (χ1) is 15.8. The molecule has 10 heteroatoms. The quantitative estimate of drug-likeness (QED) is 0.279. The van der Waals surface area contributed by atoms with Gasteiger partial charge in [0.05, 0.1) is 31.3 Å². The van der Waals surface area contributed by atoms with Gasteiger partial charge in [0.1, 0.15) is 5.82 Å². The topological polar surface area (TPSA) is 92.0 Å². The van der Waals surface area contributed by atoms with Gasteiger partial charge in [-0.2, -0.15) is 9.78 Å². The maximum absolute atomic E-state index is 13.3. The van der Waals surface area contributed by atoms with E-state index in [1.165, 1.54) is 25.1 Å². The molecule has 0 radical (unpaired) electrons. The molecule has 0 bridgehead atoms. The van der Waals surface area contributed by atoms with E-state index in [0.717, 1.165) is 10.9 Å². The van der Waals surface area contributed by atoms with Crippen LogP contribution in [0.2, 0.25) is 0 Å². The van der Waals surface area contributed by atoms with Gasteiger partial charge < -0.3 is 14.2 Å². The lowest BCUT2D eigenvalue weighted by Gasteiger charge is -2.15. The van der Waals surface area contributed by atoms with E-state index in [4.69, 9.17) is 14.5 Å². The Morgan fingerprint density at radius 1 is 1.21 bits per heavy atom. The molecular formula is C23H23Br2N3O5. The van der Waals surface area contributed by atoms with Crippen molar-refractivity contribution in [2.24, 2.45) is 5.10 Å². The lowest BCUT2D eigenvalue weighted by molar-refractivity contribution is -0.142. The highest BCUT2D eigenvalue weighted by atomic mass is 79.9. The zero-order chi connectivity index (χ0) is 24.1. The Labute approximate surface area is 207 Å². The minimum Gasteiger partial charge on any atom is -0.493 e. The highest BCUT2D eigenvalue weighted by Gasteiger charge is 2.17. The van der Waals surface area contributed by atoms with Crippen LogP contribution in [0.3, 0.4) is 0 Å². The molecule has 0 amide bonds. The monoisotopic (exact) mass is 579 g/mol. The van der Waals surface area contributed by atoms with Crippen molar-refractivity contribution in [3.05, 3.63) is 61.0 Å². The fraction of sp³-hybridized carbons (Fsp3) is 0.304. The molecule has 1 heterocycles. The summed E-state index contributed by atoms with van der Waals surface area (Å²) in [5, 5.41) is 4.92. The molecule has 0 saturated heterocycles. The first kappa shape index (κ1) is 24.9. The molecular weight excluding hydrogens is 558 g/mol. The molecule has 1 aromatic heterocycles. The Morgan fingerprint density at radius 2 is 1.97 bits per heavy atom. The zero-order valence-electron chi connectivity index (χ0n) is 18.6. The third-order valence-electron chi connectivity index (χ3n) is 5.03. The van der Waals surface area contributed by atoms with Gasteiger partial charge in [0.25, 0.3) is 5.56 Å². The van der Waals surface area contributed by atoms with E-state index >= 15 is 0 Å². The van der Waals surface area contributed by atoms with Crippen LogP contribution in [-0.2, 0) is 9.53 Å². The van der Waals surface area contributed by atoms with Crippen LogP contribution in [0.5, 0.6) is 11.5 Å². The Balaban J connectivity index is 2.17. The Kier molecular flexibility index (Phi) is 8.25. The van der Waals surface area contributed by atoms with Gasteiger partial charge in [-0.15, -0.1) is 0 Å². The van der Waals surface area contributed by atoms with Crippen LogP contribution >= 0.6 is 31.9 Å². The zero-order valence-corrected chi connectivity index (χ0v) is 21.8. The second-order valence-corrected chi connectivity index (χ2v) is 9.02. The number of fused-ring (bicyclic) bond motifs is 1. The summed E-state index contributed by atoms with van der Waals surface area (Å²) in [5.74, 6) is 0.694. The summed E-state index contributed by atoms with van der Waals surface area (Å²) < 4.78 is 18.5. The van der Waals surface area contributed by atoms with Crippen molar-refractivity contribution in [1.29, 1.82) is 0 Å². The molecule has 33 heavy (non-hydrogen) atoms. The number of halogens is 2. The number of benzene rings is 2. The largest absolute Gasteiger partial charge is 0.493 e. The fourth-order valence-electron chi connectivity index (χ4n) is 3.08. The van der Waals surface area contributed by atoms with Gasteiger partial charge in [-0.25, -0.2) is 9.78 Å². The van der Waals surface area contributed by atoms with E-state index in [1.807, 2.05) is 19.9 Å². The van der Waals surface area contributed by atoms with Crippen LogP contribution in [0.1, 0.15) is 37.6 Å². The van der Waals surface area contributed by atoms with E-state index in [9.17, 15) is 9.59 Å². The summed E-state index contributed by atoms with van der Waals surface area (Å²) in [4.78, 5) is 29.6. The number of hydrogen-bond acceptors (Lipinski definition) is 7. The van der Waals surface area contributed by atoms with Crippen LogP contribution in [0, 0.1) is 0 Å². The summed E-state index contributed by atoms with van der Waals surface area (Å²) in [6.45, 7) is 3.71. The SMILES string of the molecule is CC[C@H](C)c1nc2ccc(Br)cc2c(=O)n1N=Cc1cc(Br)cc(OC)c1OCC(=O)OC. The summed E-state index contributed by atoms with van der Waals surface area (Å²) >= 11 is 6.85. The molecule has 2 aromatic carbocycles. The van der Waals surface area contributed by atoms with Crippen molar-refractivity contribution in [3.63, 3.8) is 0 Å². The molecule has 0 saturated carbocycles. The third-order valence-corrected chi connectivity index (χ3v) is 5.98. The molecule has 8 nitrogen and oxygen atoms in total. The van der Waals surface area contributed by atoms with Crippen molar-refractivity contribution in [2.75, 3.05) is 20.8 Å². The van der Waals surface area contributed by atoms with Gasteiger partial charge in [-0.1, -0.05) is 45.7 Å². The second kappa shape index (κ2) is 10.9. The summed E-state index contributed by atoms with van der Waals surface area (Å²) in [6, 6.07) is 8.83. The number of aromatic nitrogens is 2. The number of methoxy groups -OCH3 is 2. The van der Waals surface area contributed by atoms with Gasteiger partial charge in [0, 0.05) is 20.4 Å². The lowest BCUT2D eigenvalue weighted by atomic mass is 10.1. The predicted octanol–water partition coefficient (Wildman–Crippen LogP) is 4.88. The van der Waals surface area contributed by atoms with E-state index in [2.05, 4.69) is 41.7 Å². The Hall–Kier alpha value is -2.72. The van der Waals surface area contributed by atoms with E-state index in [-0.39, 0.29) is 18.1 Å². The van der Waals surface area contributed by atoms with Crippen LogP contribution < -0.4 is 15.0 Å². The number of ether oxygens (including phenoxy) is 3. The molecule has 0 aliphatic carbocycles. The molecule has 0 N–H and O–H groups in total. The molecule has 1 atom stereocenters. The maximum Gasteiger partial charge on any atom is 0.343 e. The third kappa shape index (κ3) is 5.62. The first-order valence-electron chi connectivity index (χ1n) is 10.1. The van der Waals surface area contributed by atoms with Gasteiger partial charge in [-0.3, -0.25) is 4.79 Å². The predicted molar refractivity (Wildman–Crippen MR) is 134 cm³/mol. The molecule has 3 aromatic rings. The van der Waals surface area contributed by atoms with E-state index < -0.39 is 5.97 Å². The van der Waals surface area contributed by atoms with Gasteiger partial charge in [0.15, 0.2) is 18.1 Å². The molecule has 0 spiro atoms. The van der Waals surface area contributed by atoms with E-state index in [0.29, 0.717) is 38.3 Å². The van der Waals surface area contributed by atoms with Crippen molar-refractivity contribution in [2.45, 2.75) is 26.2 Å². The fourth-order valence-corrected chi connectivity index (χ4v) is 3.90. The standard InChI is InChI=1S/C23H23Br2N3O5/c1-5-13(2)22-27-18-7-6-15(24)9-17(18)23(30)28(22)26-11-14-8-16(25)10-19(31-3)21(14)33-12-20(29)32-4/h6-11,13H,5,12H2,1-4H3/t13-/m0/s1. The Morgan fingerprint density at radius 3 is 2.64 bits per heavy atom. The summed E-state index contributed by atoms with van der Waals surface area (Å²) in [5.41, 5.74) is 0.824. The molecule has 3 rings (SSSR count). The number of carbonyl (C=O) groups excluding carboxylic acids is 1. The minimum atomic E-state index is -0.539. The first-order valence-corrected chi connectivity index (χ1v) is 11.7. The van der Waals surface area contributed by atoms with Crippen LogP contribution in [0.4, 0.5) is 0 Å². The smallest absolute Gasteiger partial charge is 0.343 e. The normalized spacial score (nSPS) is 12.2. The van der Waals surface area contributed by atoms with Gasteiger partial charge in [0.2, 0.25) is 0 Å². The van der Waals surface area contributed by atoms with Crippen molar-refractivity contribution in [3.8, 4) is 11.5 Å². The number of hydrogen-bond donors (Lipinski definition) is 0. The molecule has 0 aliphatic rings. The van der Waals surface area contributed by atoms with Crippen molar-refractivity contribution >= 4 is 54.9 Å². The highest BCUT2D eigenvalue weighted by molar-refractivity contribution is 9.10. The van der Waals surface area contributed by atoms with Crippen LogP contribution in [0.15, 0.2) is 49.2 Å². The molecule has 174 valence electrons. The van der Waals surface area contributed by atoms with Crippen molar-refractivity contribution < 1.29 is 19.0 Å². The Bertz CT molecular complexity index is 1270. The lowest BCUT2D eigenvalue weighted by Crippen LogP contribution is -2.23. The van der Waals surface area contributed by atoms with Crippen LogP contribution in [0.25, 0.3) is 10.9 Å². The molecule has 0 fully saturated rings. The van der Waals surface area contributed by atoms with Gasteiger partial charge in [-0.05, 0) is 36.8 Å². The maximum atomic E-state index is 13.3. The number of nitrogens with zero attached hydrogens (tertiary/aromatic N) is 3. The van der Waals surface area contributed by atoms with Crippen molar-refractivity contribution in [1.82, 2.24) is 9.66 Å². The number of carbonyl (C=O) groups is 1. The highest BCUT2D eigenvalue weighted by Crippen LogP contribution is 2.34. The van der Waals surface area contributed by atoms with Crippen LogP contribution in [-0.4, -0.2) is 42.7 Å².